The summed E-state index contributed by atoms with van der Waals surface area (Å²) in [6.45, 7) is 6.20. The molecule has 4 nitrogen and oxygen atoms in total. The smallest absolute Gasteiger partial charge is 0.459 e. The van der Waals surface area contributed by atoms with Crippen LogP contribution in [0.3, 0.4) is 0 Å². The Morgan fingerprint density at radius 1 is 1.27 bits per heavy atom. The van der Waals surface area contributed by atoms with Gasteiger partial charge in [-0.15, -0.1) is 0 Å². The minimum atomic E-state index is -5.80. The summed E-state index contributed by atoms with van der Waals surface area (Å²) in [5.41, 5.74) is -2.35. The van der Waals surface area contributed by atoms with Crippen molar-refractivity contribution in [2.24, 2.45) is 0 Å². The predicted octanol–water partition coefficient (Wildman–Crippen LogP) is 3.87. The van der Waals surface area contributed by atoms with E-state index in [4.69, 9.17) is 5.11 Å². The number of nitrogens with zero attached hydrogens (tertiary/aromatic N) is 2. The molecule has 0 aliphatic heterocycles. The minimum absolute atomic E-state index is 0.000625. The van der Waals surface area contributed by atoms with Gasteiger partial charge in [-0.05, 0) is 12.5 Å². The highest BCUT2D eigenvalue weighted by atomic mass is 19.4. The van der Waals surface area contributed by atoms with E-state index in [1.165, 1.54) is 6.92 Å². The topological polar surface area (TPSA) is 55.1 Å². The highest BCUT2D eigenvalue weighted by Gasteiger charge is 2.60. The molecule has 0 aromatic carbocycles. The second-order valence-corrected chi connectivity index (χ2v) is 5.94. The van der Waals surface area contributed by atoms with Crippen molar-refractivity contribution in [3.63, 3.8) is 0 Å². The van der Waals surface area contributed by atoms with Crippen LogP contribution in [-0.4, -0.2) is 27.0 Å². The van der Waals surface area contributed by atoms with E-state index in [-0.39, 0.29) is 12.1 Å². The SMILES string of the molecule is CCC(C(=O)O)n1nc(C(F)(F)C(F)(F)F)cc1C(C)(C)C. The summed E-state index contributed by atoms with van der Waals surface area (Å²) in [7, 11) is 0. The van der Waals surface area contributed by atoms with Gasteiger partial charge < -0.3 is 5.11 Å². The molecule has 0 spiro atoms. The van der Waals surface area contributed by atoms with Gasteiger partial charge in [0.1, 0.15) is 11.7 Å². The molecule has 1 aromatic rings. The number of halogens is 5. The lowest BCUT2D eigenvalue weighted by Gasteiger charge is -2.23. The Morgan fingerprint density at radius 3 is 2.09 bits per heavy atom. The van der Waals surface area contributed by atoms with Gasteiger partial charge in [0.25, 0.3) is 0 Å². The van der Waals surface area contributed by atoms with E-state index in [0.29, 0.717) is 6.07 Å². The second-order valence-electron chi connectivity index (χ2n) is 5.94. The molecule has 0 saturated heterocycles. The quantitative estimate of drug-likeness (QED) is 0.854. The van der Waals surface area contributed by atoms with Gasteiger partial charge in [-0.25, -0.2) is 4.79 Å². The first-order valence-electron chi connectivity index (χ1n) is 6.51. The zero-order valence-corrected chi connectivity index (χ0v) is 12.5. The summed E-state index contributed by atoms with van der Waals surface area (Å²) in [5, 5.41) is 12.4. The molecule has 1 unspecified atom stereocenters. The van der Waals surface area contributed by atoms with Gasteiger partial charge in [0, 0.05) is 11.1 Å². The van der Waals surface area contributed by atoms with Crippen LogP contribution in [0.1, 0.15) is 51.5 Å². The largest absolute Gasteiger partial charge is 0.480 e. The highest BCUT2D eigenvalue weighted by molar-refractivity contribution is 5.71. The molecule has 0 saturated carbocycles. The van der Waals surface area contributed by atoms with Crippen molar-refractivity contribution in [1.29, 1.82) is 0 Å². The number of aliphatic carboxylic acids is 1. The Balaban J connectivity index is 3.56. The molecule has 1 atom stereocenters. The van der Waals surface area contributed by atoms with E-state index >= 15 is 0 Å². The van der Waals surface area contributed by atoms with Crippen molar-refractivity contribution in [3.8, 4) is 0 Å². The van der Waals surface area contributed by atoms with Gasteiger partial charge >= 0.3 is 18.1 Å². The maximum Gasteiger partial charge on any atom is 0.459 e. The number of hydrogen-bond acceptors (Lipinski definition) is 2. The van der Waals surface area contributed by atoms with Crippen LogP contribution >= 0.6 is 0 Å². The number of rotatable bonds is 4. The molecule has 0 amide bonds. The van der Waals surface area contributed by atoms with E-state index in [1.54, 1.807) is 20.8 Å². The molecular weight excluding hydrogens is 311 g/mol. The van der Waals surface area contributed by atoms with Crippen molar-refractivity contribution in [3.05, 3.63) is 17.5 Å². The van der Waals surface area contributed by atoms with E-state index in [2.05, 4.69) is 5.10 Å². The molecule has 0 aliphatic rings. The molecular formula is C13H17F5N2O2. The number of carboxylic acids is 1. The molecule has 126 valence electrons. The average molecular weight is 328 g/mol. The van der Waals surface area contributed by atoms with Gasteiger partial charge in [0.15, 0.2) is 0 Å². The summed E-state index contributed by atoms with van der Waals surface area (Å²) in [5.74, 6) is -6.49. The average Bonchev–Trinajstić information content (AvgIpc) is 2.72. The molecule has 1 rings (SSSR count). The molecule has 0 fully saturated rings. The van der Waals surface area contributed by atoms with Crippen LogP contribution in [-0.2, 0) is 16.1 Å². The minimum Gasteiger partial charge on any atom is -0.480 e. The van der Waals surface area contributed by atoms with Gasteiger partial charge in [0.05, 0.1) is 0 Å². The lowest BCUT2D eigenvalue weighted by atomic mass is 9.91. The third-order valence-corrected chi connectivity index (χ3v) is 3.15. The van der Waals surface area contributed by atoms with Gasteiger partial charge in [-0.1, -0.05) is 27.7 Å². The maximum absolute atomic E-state index is 13.5. The Hall–Kier alpha value is -1.67. The van der Waals surface area contributed by atoms with Crippen LogP contribution < -0.4 is 0 Å². The lowest BCUT2D eigenvalue weighted by Crippen LogP contribution is -2.34. The monoisotopic (exact) mass is 328 g/mol. The zero-order chi connectivity index (χ0) is 17.5. The fourth-order valence-electron chi connectivity index (χ4n) is 1.94. The van der Waals surface area contributed by atoms with Crippen LogP contribution in [0.15, 0.2) is 6.07 Å². The predicted molar refractivity (Wildman–Crippen MR) is 67.8 cm³/mol. The number of carbonyl (C=O) groups is 1. The van der Waals surface area contributed by atoms with Crippen LogP contribution in [0.2, 0.25) is 0 Å². The van der Waals surface area contributed by atoms with Crippen molar-refractivity contribution < 1.29 is 31.9 Å². The Morgan fingerprint density at radius 2 is 1.77 bits per heavy atom. The van der Waals surface area contributed by atoms with Crippen molar-refractivity contribution in [2.45, 2.75) is 57.7 Å². The summed E-state index contributed by atoms with van der Waals surface area (Å²) >= 11 is 0. The normalized spacial score (nSPS) is 15.0. The highest BCUT2D eigenvalue weighted by Crippen LogP contribution is 2.44. The number of carboxylic acid groups (broad SMARTS) is 1. The van der Waals surface area contributed by atoms with Crippen LogP contribution in [0, 0.1) is 0 Å². The van der Waals surface area contributed by atoms with Crippen LogP contribution in [0.4, 0.5) is 22.0 Å². The van der Waals surface area contributed by atoms with Gasteiger partial charge in [-0.2, -0.15) is 27.1 Å². The van der Waals surface area contributed by atoms with Crippen LogP contribution in [0.5, 0.6) is 0 Å². The van der Waals surface area contributed by atoms with Crippen molar-refractivity contribution >= 4 is 5.97 Å². The molecule has 0 aliphatic carbocycles. The molecule has 0 radical (unpaired) electrons. The molecule has 1 heterocycles. The van der Waals surface area contributed by atoms with E-state index in [0.717, 1.165) is 4.68 Å². The molecule has 0 bridgehead atoms. The number of hydrogen-bond donors (Lipinski definition) is 1. The fraction of sp³-hybridized carbons (Fsp3) is 0.692. The molecule has 1 N–H and O–H groups in total. The third-order valence-electron chi connectivity index (χ3n) is 3.15. The third kappa shape index (κ3) is 3.22. The van der Waals surface area contributed by atoms with Gasteiger partial charge in [0.2, 0.25) is 0 Å². The Bertz CT molecular complexity index is 558. The molecule has 9 heteroatoms. The van der Waals surface area contributed by atoms with Crippen molar-refractivity contribution in [2.75, 3.05) is 0 Å². The number of aromatic nitrogens is 2. The van der Waals surface area contributed by atoms with Crippen molar-refractivity contribution in [1.82, 2.24) is 9.78 Å². The zero-order valence-electron chi connectivity index (χ0n) is 12.5. The van der Waals surface area contributed by atoms with Crippen LogP contribution in [0.25, 0.3) is 0 Å². The van der Waals surface area contributed by atoms with E-state index < -0.39 is 35.2 Å². The second kappa shape index (κ2) is 5.51. The summed E-state index contributed by atoms with van der Waals surface area (Å²) in [6, 6.07) is -0.689. The van der Waals surface area contributed by atoms with E-state index in [9.17, 15) is 26.7 Å². The summed E-state index contributed by atoms with van der Waals surface area (Å²) in [6.07, 6.45) is -5.80. The fourth-order valence-corrected chi connectivity index (χ4v) is 1.94. The number of alkyl halides is 5. The first-order valence-corrected chi connectivity index (χ1v) is 6.51. The Labute approximate surface area is 123 Å². The lowest BCUT2D eigenvalue weighted by molar-refractivity contribution is -0.291. The van der Waals surface area contributed by atoms with E-state index in [1.807, 2.05) is 0 Å². The summed E-state index contributed by atoms with van der Waals surface area (Å²) in [4.78, 5) is 11.2. The first kappa shape index (κ1) is 18.4. The van der Waals surface area contributed by atoms with Gasteiger partial charge in [-0.3, -0.25) is 4.68 Å². The summed E-state index contributed by atoms with van der Waals surface area (Å²) < 4.78 is 65.1. The first-order chi connectivity index (χ1) is 9.73. The maximum atomic E-state index is 13.5. The molecule has 22 heavy (non-hydrogen) atoms. The molecule has 1 aromatic heterocycles. The Kier molecular flexibility index (Phi) is 4.60. The standard InChI is InChI=1S/C13H17F5N2O2/c1-5-7(10(21)22)20-9(11(2,3)4)6-8(19-20)12(14,15)13(16,17)18/h6-7H,5H2,1-4H3,(H,21,22).